The molecule has 1 heterocycles. The maximum atomic E-state index is 12.1. The van der Waals surface area contributed by atoms with Crippen LogP contribution in [-0.4, -0.2) is 34.8 Å². The van der Waals surface area contributed by atoms with Crippen LogP contribution in [0.25, 0.3) is 0 Å². The molecule has 18 heavy (non-hydrogen) atoms. The number of methoxy groups -OCH3 is 1. The van der Waals surface area contributed by atoms with E-state index in [0.29, 0.717) is 5.69 Å². The van der Waals surface area contributed by atoms with Crippen LogP contribution in [0.3, 0.4) is 0 Å². The van der Waals surface area contributed by atoms with Gasteiger partial charge in [0.05, 0.1) is 23.9 Å². The molecule has 102 valence electrons. The molecule has 0 spiro atoms. The second-order valence-corrected chi connectivity index (χ2v) is 4.53. The zero-order valence-electron chi connectivity index (χ0n) is 10.6. The number of hydrogen-bond acceptors (Lipinski definition) is 3. The van der Waals surface area contributed by atoms with Gasteiger partial charge in [0, 0.05) is 13.3 Å². The highest BCUT2D eigenvalue weighted by atomic mass is 19.3. The van der Waals surface area contributed by atoms with E-state index in [-0.39, 0.29) is 12.3 Å². The highest BCUT2D eigenvalue weighted by molar-refractivity contribution is 5.91. The maximum absolute atomic E-state index is 12.1. The van der Waals surface area contributed by atoms with Crippen LogP contribution in [0.1, 0.15) is 20.3 Å². The second-order valence-electron chi connectivity index (χ2n) is 4.53. The van der Waals surface area contributed by atoms with Gasteiger partial charge in [0.2, 0.25) is 5.91 Å². The molecular weight excluding hydrogens is 244 g/mol. The molecule has 1 aromatic rings. The van der Waals surface area contributed by atoms with Crippen molar-refractivity contribution in [1.29, 1.82) is 0 Å². The number of nitrogens with one attached hydrogen (secondary N) is 1. The Morgan fingerprint density at radius 3 is 2.83 bits per heavy atom. The molecule has 1 amide bonds. The highest BCUT2D eigenvalue weighted by Crippen LogP contribution is 2.15. The number of anilines is 1. The first-order valence-corrected chi connectivity index (χ1v) is 5.48. The van der Waals surface area contributed by atoms with E-state index in [1.807, 2.05) is 0 Å². The van der Waals surface area contributed by atoms with E-state index in [9.17, 15) is 13.6 Å². The molecule has 0 aromatic carbocycles. The minimum atomic E-state index is -2.47. The molecule has 1 rings (SSSR count). The third kappa shape index (κ3) is 4.79. The third-order valence-electron chi connectivity index (χ3n) is 2.38. The Morgan fingerprint density at radius 1 is 1.61 bits per heavy atom. The van der Waals surface area contributed by atoms with Crippen LogP contribution < -0.4 is 5.32 Å². The Labute approximate surface area is 104 Å². The Morgan fingerprint density at radius 2 is 2.28 bits per heavy atom. The standard InChI is InChI=1S/C11H17F2N3O2/c1-11(2,18-3)4-10(17)15-8-5-14-16(6-8)7-9(12)13/h5-6,9H,4,7H2,1-3H3,(H,15,17). The van der Waals surface area contributed by atoms with Gasteiger partial charge in [-0.1, -0.05) is 0 Å². The molecule has 0 saturated carbocycles. The summed E-state index contributed by atoms with van der Waals surface area (Å²) in [4.78, 5) is 11.6. The molecule has 0 saturated heterocycles. The summed E-state index contributed by atoms with van der Waals surface area (Å²) in [5.41, 5.74) is -0.171. The van der Waals surface area contributed by atoms with Crippen LogP contribution in [0.5, 0.6) is 0 Å². The summed E-state index contributed by atoms with van der Waals surface area (Å²) in [5.74, 6) is -0.251. The van der Waals surface area contributed by atoms with Crippen molar-refractivity contribution >= 4 is 11.6 Å². The van der Waals surface area contributed by atoms with Gasteiger partial charge in [-0.25, -0.2) is 8.78 Å². The SMILES string of the molecule is COC(C)(C)CC(=O)Nc1cnn(CC(F)F)c1. The van der Waals surface area contributed by atoms with Gasteiger partial charge in [-0.2, -0.15) is 5.10 Å². The number of rotatable bonds is 6. The molecule has 0 fully saturated rings. The van der Waals surface area contributed by atoms with E-state index < -0.39 is 18.6 Å². The largest absolute Gasteiger partial charge is 0.378 e. The molecular formula is C11H17F2N3O2. The number of halogens is 2. The molecule has 1 N–H and O–H groups in total. The van der Waals surface area contributed by atoms with Crippen molar-refractivity contribution in [2.75, 3.05) is 12.4 Å². The molecule has 0 radical (unpaired) electrons. The molecule has 0 aliphatic carbocycles. The molecule has 5 nitrogen and oxygen atoms in total. The number of nitrogens with zero attached hydrogens (tertiary/aromatic N) is 2. The summed E-state index contributed by atoms with van der Waals surface area (Å²) in [6.07, 6.45) is 0.397. The fourth-order valence-corrected chi connectivity index (χ4v) is 1.33. The lowest BCUT2D eigenvalue weighted by atomic mass is 10.1. The van der Waals surface area contributed by atoms with E-state index >= 15 is 0 Å². The third-order valence-corrected chi connectivity index (χ3v) is 2.38. The van der Waals surface area contributed by atoms with Crippen LogP contribution in [0.15, 0.2) is 12.4 Å². The average Bonchev–Trinajstić information content (AvgIpc) is 2.63. The van der Waals surface area contributed by atoms with Gasteiger partial charge < -0.3 is 10.1 Å². The lowest BCUT2D eigenvalue weighted by molar-refractivity contribution is -0.121. The van der Waals surface area contributed by atoms with E-state index in [1.165, 1.54) is 19.5 Å². The summed E-state index contributed by atoms with van der Waals surface area (Å²) >= 11 is 0. The van der Waals surface area contributed by atoms with Gasteiger partial charge in [-0.3, -0.25) is 9.48 Å². The van der Waals surface area contributed by atoms with Crippen LogP contribution in [0.2, 0.25) is 0 Å². The number of ether oxygens (including phenoxy) is 1. The summed E-state index contributed by atoms with van der Waals surface area (Å²) in [6, 6.07) is 0. The Bertz CT molecular complexity index is 405. The number of alkyl halides is 2. The zero-order chi connectivity index (χ0) is 13.8. The van der Waals surface area contributed by atoms with Gasteiger partial charge in [0.1, 0.15) is 6.54 Å². The number of hydrogen-bond donors (Lipinski definition) is 1. The van der Waals surface area contributed by atoms with Crippen LogP contribution in [0.4, 0.5) is 14.5 Å². The lowest BCUT2D eigenvalue weighted by Crippen LogP contribution is -2.29. The first kappa shape index (κ1) is 14.6. The van der Waals surface area contributed by atoms with Gasteiger partial charge in [0.25, 0.3) is 6.43 Å². The normalized spacial score (nSPS) is 11.9. The Hall–Kier alpha value is -1.50. The first-order valence-electron chi connectivity index (χ1n) is 5.48. The molecule has 0 atom stereocenters. The van der Waals surface area contributed by atoms with Gasteiger partial charge in [-0.15, -0.1) is 0 Å². The van der Waals surface area contributed by atoms with Crippen molar-refractivity contribution in [2.24, 2.45) is 0 Å². The lowest BCUT2D eigenvalue weighted by Gasteiger charge is -2.21. The van der Waals surface area contributed by atoms with Gasteiger partial charge in [-0.05, 0) is 13.8 Å². The van der Waals surface area contributed by atoms with E-state index in [0.717, 1.165) is 4.68 Å². The summed E-state index contributed by atoms with van der Waals surface area (Å²) in [7, 11) is 1.52. The highest BCUT2D eigenvalue weighted by Gasteiger charge is 2.21. The van der Waals surface area contributed by atoms with Crippen molar-refractivity contribution in [3.8, 4) is 0 Å². The smallest absolute Gasteiger partial charge is 0.257 e. The number of carbonyl (C=O) groups excluding carboxylic acids is 1. The van der Waals surface area contributed by atoms with Crippen LogP contribution >= 0.6 is 0 Å². The van der Waals surface area contributed by atoms with Crippen molar-refractivity contribution in [3.05, 3.63) is 12.4 Å². The van der Waals surface area contributed by atoms with E-state index in [1.54, 1.807) is 13.8 Å². The zero-order valence-corrected chi connectivity index (χ0v) is 10.6. The quantitative estimate of drug-likeness (QED) is 0.851. The van der Waals surface area contributed by atoms with Gasteiger partial charge >= 0.3 is 0 Å². The van der Waals surface area contributed by atoms with E-state index in [4.69, 9.17) is 4.74 Å². The minimum absolute atomic E-state index is 0.170. The van der Waals surface area contributed by atoms with Crippen molar-refractivity contribution in [2.45, 2.75) is 38.8 Å². The number of aromatic nitrogens is 2. The number of carbonyl (C=O) groups is 1. The topological polar surface area (TPSA) is 56.1 Å². The molecule has 0 aliphatic rings. The Kier molecular flexibility index (Phi) is 4.77. The maximum Gasteiger partial charge on any atom is 0.257 e. The molecule has 7 heteroatoms. The molecule has 0 unspecified atom stereocenters. The Balaban J connectivity index is 2.52. The van der Waals surface area contributed by atoms with Crippen LogP contribution in [-0.2, 0) is 16.1 Å². The fraction of sp³-hybridized carbons (Fsp3) is 0.636. The summed E-state index contributed by atoms with van der Waals surface area (Å²) < 4.78 is 30.4. The first-order chi connectivity index (χ1) is 8.32. The molecule has 1 aromatic heterocycles. The molecule has 0 bridgehead atoms. The summed E-state index contributed by atoms with van der Waals surface area (Å²) in [5, 5.41) is 6.30. The second kappa shape index (κ2) is 5.90. The van der Waals surface area contributed by atoms with Crippen molar-refractivity contribution < 1.29 is 18.3 Å². The van der Waals surface area contributed by atoms with E-state index in [2.05, 4.69) is 10.4 Å². The monoisotopic (exact) mass is 261 g/mol. The predicted octanol–water partition coefficient (Wildman–Crippen LogP) is 1.90. The van der Waals surface area contributed by atoms with Crippen molar-refractivity contribution in [1.82, 2.24) is 9.78 Å². The molecule has 0 aliphatic heterocycles. The van der Waals surface area contributed by atoms with Gasteiger partial charge in [0.15, 0.2) is 0 Å². The number of amides is 1. The summed E-state index contributed by atoms with van der Waals surface area (Å²) in [6.45, 7) is 3.08. The van der Waals surface area contributed by atoms with Crippen LogP contribution in [0, 0.1) is 0 Å². The minimum Gasteiger partial charge on any atom is -0.378 e. The fourth-order valence-electron chi connectivity index (χ4n) is 1.33. The van der Waals surface area contributed by atoms with Crippen molar-refractivity contribution in [3.63, 3.8) is 0 Å². The predicted molar refractivity (Wildman–Crippen MR) is 62.6 cm³/mol. The average molecular weight is 261 g/mol.